The second-order valence-electron chi connectivity index (χ2n) is 2.36. The van der Waals surface area contributed by atoms with Crippen LogP contribution in [0, 0.1) is 6.92 Å². The highest BCUT2D eigenvalue weighted by Crippen LogP contribution is 1.89. The first-order valence-corrected chi connectivity index (χ1v) is 3.58. The van der Waals surface area contributed by atoms with Crippen molar-refractivity contribution >= 4 is 6.03 Å². The van der Waals surface area contributed by atoms with Gasteiger partial charge in [-0.05, 0) is 6.92 Å². The molecule has 0 aromatic carbocycles. The number of nitrogens with one attached hydrogen (secondary N) is 1. The van der Waals surface area contributed by atoms with Crippen LogP contribution in [0.4, 0.5) is 4.79 Å². The SMILES string of the molecule is Cc1nncn1CCNC(N)=O. The van der Waals surface area contributed by atoms with Crippen molar-refractivity contribution in [2.24, 2.45) is 5.73 Å². The van der Waals surface area contributed by atoms with E-state index in [1.807, 2.05) is 11.5 Å². The minimum Gasteiger partial charge on any atom is -0.352 e. The summed E-state index contributed by atoms with van der Waals surface area (Å²) in [6.07, 6.45) is 1.61. The van der Waals surface area contributed by atoms with E-state index in [-0.39, 0.29) is 0 Å². The van der Waals surface area contributed by atoms with Crippen molar-refractivity contribution in [3.05, 3.63) is 12.2 Å². The van der Waals surface area contributed by atoms with Crippen molar-refractivity contribution < 1.29 is 4.79 Å². The summed E-state index contributed by atoms with van der Waals surface area (Å²) in [5.74, 6) is 0.821. The Morgan fingerprint density at radius 1 is 1.83 bits per heavy atom. The normalized spacial score (nSPS) is 9.75. The Labute approximate surface area is 69.8 Å². The van der Waals surface area contributed by atoms with Crippen molar-refractivity contribution in [3.8, 4) is 0 Å². The molecule has 1 heterocycles. The maximum absolute atomic E-state index is 10.3. The number of hydrogen-bond acceptors (Lipinski definition) is 3. The predicted molar refractivity (Wildman–Crippen MR) is 42.3 cm³/mol. The van der Waals surface area contributed by atoms with Crippen molar-refractivity contribution in [3.63, 3.8) is 0 Å². The van der Waals surface area contributed by atoms with Gasteiger partial charge in [0.25, 0.3) is 0 Å². The summed E-state index contributed by atoms with van der Waals surface area (Å²) >= 11 is 0. The monoisotopic (exact) mass is 169 g/mol. The summed E-state index contributed by atoms with van der Waals surface area (Å²) in [4.78, 5) is 10.3. The second-order valence-corrected chi connectivity index (χ2v) is 2.36. The van der Waals surface area contributed by atoms with Gasteiger partial charge >= 0.3 is 6.03 Å². The molecule has 1 aromatic rings. The molecule has 0 radical (unpaired) electrons. The molecule has 3 N–H and O–H groups in total. The van der Waals surface area contributed by atoms with Gasteiger partial charge in [0.05, 0.1) is 0 Å². The fourth-order valence-corrected chi connectivity index (χ4v) is 0.832. The van der Waals surface area contributed by atoms with Gasteiger partial charge in [-0.25, -0.2) is 4.79 Å². The maximum Gasteiger partial charge on any atom is 0.312 e. The van der Waals surface area contributed by atoms with E-state index in [2.05, 4.69) is 15.5 Å². The summed E-state index contributed by atoms with van der Waals surface area (Å²) in [6, 6.07) is -0.513. The van der Waals surface area contributed by atoms with Gasteiger partial charge in [-0.1, -0.05) is 0 Å². The van der Waals surface area contributed by atoms with Crippen LogP contribution in [0.2, 0.25) is 0 Å². The summed E-state index contributed by atoms with van der Waals surface area (Å²) in [7, 11) is 0. The molecule has 0 aliphatic rings. The van der Waals surface area contributed by atoms with Crippen LogP contribution in [0.3, 0.4) is 0 Å². The molecule has 2 amide bonds. The Balaban J connectivity index is 2.33. The van der Waals surface area contributed by atoms with Gasteiger partial charge in [0.15, 0.2) is 0 Å². The van der Waals surface area contributed by atoms with E-state index in [1.165, 1.54) is 0 Å². The Bertz CT molecular complexity index is 269. The van der Waals surface area contributed by atoms with E-state index in [9.17, 15) is 4.79 Å². The molecule has 0 aliphatic carbocycles. The number of carbonyl (C=O) groups is 1. The van der Waals surface area contributed by atoms with Crippen molar-refractivity contribution in [1.29, 1.82) is 0 Å². The molecule has 66 valence electrons. The minimum absolute atomic E-state index is 0.494. The van der Waals surface area contributed by atoms with Crippen LogP contribution in [0.25, 0.3) is 0 Å². The van der Waals surface area contributed by atoms with Gasteiger partial charge in [0.2, 0.25) is 0 Å². The highest BCUT2D eigenvalue weighted by molar-refractivity contribution is 5.71. The lowest BCUT2D eigenvalue weighted by atomic mass is 10.5. The third-order valence-corrected chi connectivity index (χ3v) is 1.46. The number of nitrogens with zero attached hydrogens (tertiary/aromatic N) is 3. The largest absolute Gasteiger partial charge is 0.352 e. The van der Waals surface area contributed by atoms with E-state index in [1.54, 1.807) is 6.33 Å². The number of urea groups is 1. The molecular weight excluding hydrogens is 158 g/mol. The van der Waals surface area contributed by atoms with Crippen LogP contribution < -0.4 is 11.1 Å². The number of nitrogens with two attached hydrogens (primary N) is 1. The fourth-order valence-electron chi connectivity index (χ4n) is 0.832. The lowest BCUT2D eigenvalue weighted by molar-refractivity contribution is 0.248. The number of amides is 2. The van der Waals surface area contributed by atoms with Gasteiger partial charge in [-0.15, -0.1) is 10.2 Å². The molecular formula is C6H11N5O. The Hall–Kier alpha value is -1.59. The van der Waals surface area contributed by atoms with Crippen LogP contribution in [0.5, 0.6) is 0 Å². The number of carbonyl (C=O) groups excluding carboxylic acids is 1. The Morgan fingerprint density at radius 3 is 3.08 bits per heavy atom. The maximum atomic E-state index is 10.3. The average Bonchev–Trinajstić information content (AvgIpc) is 2.36. The summed E-state index contributed by atoms with van der Waals surface area (Å²) in [5.41, 5.74) is 4.88. The molecule has 0 saturated heterocycles. The van der Waals surface area contributed by atoms with Crippen LogP contribution in [0.1, 0.15) is 5.82 Å². The second kappa shape index (κ2) is 3.70. The van der Waals surface area contributed by atoms with Gasteiger partial charge in [0.1, 0.15) is 12.2 Å². The number of aryl methyl sites for hydroxylation is 1. The lowest BCUT2D eigenvalue weighted by Crippen LogP contribution is -2.32. The van der Waals surface area contributed by atoms with E-state index >= 15 is 0 Å². The zero-order chi connectivity index (χ0) is 8.97. The molecule has 0 aliphatic heterocycles. The van der Waals surface area contributed by atoms with Gasteiger partial charge in [-0.3, -0.25) is 0 Å². The number of rotatable bonds is 3. The third-order valence-electron chi connectivity index (χ3n) is 1.46. The number of primary amides is 1. The zero-order valence-electron chi connectivity index (χ0n) is 6.82. The molecule has 0 spiro atoms. The number of aromatic nitrogens is 3. The van der Waals surface area contributed by atoms with Crippen LogP contribution >= 0.6 is 0 Å². The lowest BCUT2D eigenvalue weighted by Gasteiger charge is -2.03. The first kappa shape index (κ1) is 8.51. The third kappa shape index (κ3) is 2.22. The topological polar surface area (TPSA) is 85.8 Å². The molecule has 12 heavy (non-hydrogen) atoms. The van der Waals surface area contributed by atoms with Crippen molar-refractivity contribution in [2.75, 3.05) is 6.54 Å². The first-order chi connectivity index (χ1) is 5.70. The summed E-state index contributed by atoms with van der Waals surface area (Å²) < 4.78 is 1.83. The van der Waals surface area contributed by atoms with E-state index < -0.39 is 6.03 Å². The van der Waals surface area contributed by atoms with Crippen molar-refractivity contribution in [2.45, 2.75) is 13.5 Å². The standard InChI is InChI=1S/C6H11N5O/c1-5-10-9-4-11(5)3-2-8-6(7)12/h4H,2-3H2,1H3,(H3,7,8,12). The number of hydrogen-bond donors (Lipinski definition) is 2. The zero-order valence-corrected chi connectivity index (χ0v) is 6.82. The smallest absolute Gasteiger partial charge is 0.312 e. The molecule has 0 fully saturated rings. The van der Waals surface area contributed by atoms with Crippen molar-refractivity contribution in [1.82, 2.24) is 20.1 Å². The summed E-state index contributed by atoms with van der Waals surface area (Å²) in [5, 5.41) is 9.95. The Morgan fingerprint density at radius 2 is 2.58 bits per heavy atom. The molecule has 1 rings (SSSR count). The molecule has 0 bridgehead atoms. The fraction of sp³-hybridized carbons (Fsp3) is 0.500. The predicted octanol–water partition coefficient (Wildman–Crippen LogP) is -0.745. The molecule has 0 atom stereocenters. The van der Waals surface area contributed by atoms with E-state index in [0.29, 0.717) is 13.1 Å². The minimum atomic E-state index is -0.513. The van der Waals surface area contributed by atoms with E-state index in [0.717, 1.165) is 5.82 Å². The highest BCUT2D eigenvalue weighted by atomic mass is 16.2. The van der Waals surface area contributed by atoms with Gasteiger partial charge in [0, 0.05) is 13.1 Å². The first-order valence-electron chi connectivity index (χ1n) is 3.58. The Kier molecular flexibility index (Phi) is 2.62. The highest BCUT2D eigenvalue weighted by Gasteiger charge is 1.97. The van der Waals surface area contributed by atoms with Crippen LogP contribution in [-0.2, 0) is 6.54 Å². The van der Waals surface area contributed by atoms with Crippen LogP contribution in [0.15, 0.2) is 6.33 Å². The molecule has 6 heteroatoms. The summed E-state index contributed by atoms with van der Waals surface area (Å²) in [6.45, 7) is 2.98. The van der Waals surface area contributed by atoms with Crippen LogP contribution in [-0.4, -0.2) is 27.3 Å². The van der Waals surface area contributed by atoms with E-state index in [4.69, 9.17) is 5.73 Å². The molecule has 0 saturated carbocycles. The van der Waals surface area contributed by atoms with Gasteiger partial charge in [-0.2, -0.15) is 0 Å². The molecule has 6 nitrogen and oxygen atoms in total. The quantitative estimate of drug-likeness (QED) is 0.624. The molecule has 0 unspecified atom stereocenters. The van der Waals surface area contributed by atoms with Gasteiger partial charge < -0.3 is 15.6 Å². The molecule has 1 aromatic heterocycles. The average molecular weight is 169 g/mol.